The monoisotopic (exact) mass is 469 g/mol. The second kappa shape index (κ2) is 12.3. The number of carbonyl (C=O) groups excluding carboxylic acids is 1. The van der Waals surface area contributed by atoms with E-state index in [2.05, 4.69) is 39.3 Å². The van der Waals surface area contributed by atoms with Gasteiger partial charge in [-0.1, -0.05) is 74.0 Å². The minimum atomic E-state index is -1.09. The molecule has 1 heterocycles. The van der Waals surface area contributed by atoms with E-state index in [1.807, 2.05) is 43.3 Å². The summed E-state index contributed by atoms with van der Waals surface area (Å²) in [5, 5.41) is 15.8. The molecule has 3 aromatic rings. The van der Waals surface area contributed by atoms with Crippen molar-refractivity contribution in [2.75, 3.05) is 17.6 Å². The van der Waals surface area contributed by atoms with Gasteiger partial charge in [-0.25, -0.2) is 9.59 Å². The van der Waals surface area contributed by atoms with Crippen LogP contribution in [0.3, 0.4) is 0 Å². The zero-order chi connectivity index (χ0) is 22.8. The fourth-order valence-corrected chi connectivity index (χ4v) is 5.29. The Morgan fingerprint density at radius 2 is 1.69 bits per heavy atom. The van der Waals surface area contributed by atoms with E-state index >= 15 is 0 Å². The molecule has 0 aliphatic carbocycles. The molecule has 0 saturated carbocycles. The number of benzene rings is 2. The van der Waals surface area contributed by atoms with Gasteiger partial charge in [-0.3, -0.25) is 5.32 Å². The second-order valence-electron chi connectivity index (χ2n) is 7.24. The van der Waals surface area contributed by atoms with E-state index in [9.17, 15) is 14.7 Å². The minimum absolute atomic E-state index is 0.0570. The maximum absolute atomic E-state index is 12.0. The number of carboxylic acids is 1. The van der Waals surface area contributed by atoms with Crippen LogP contribution in [-0.4, -0.2) is 33.8 Å². The highest BCUT2D eigenvalue weighted by Crippen LogP contribution is 2.35. The first-order valence-electron chi connectivity index (χ1n) is 10.6. The molecule has 0 aliphatic heterocycles. The number of carboxylic acid groups (broad SMARTS) is 1. The van der Waals surface area contributed by atoms with Gasteiger partial charge >= 0.3 is 12.0 Å². The molecule has 1 aromatic heterocycles. The van der Waals surface area contributed by atoms with E-state index in [1.165, 1.54) is 22.9 Å². The number of amides is 2. The van der Waals surface area contributed by atoms with Gasteiger partial charge in [0.15, 0.2) is 0 Å². The predicted octanol–water partition coefficient (Wildman–Crippen LogP) is 6.08. The number of urea groups is 1. The number of nitrogens with zero attached hydrogens (tertiary/aromatic N) is 1. The van der Waals surface area contributed by atoms with E-state index in [1.54, 1.807) is 0 Å². The van der Waals surface area contributed by atoms with Crippen LogP contribution in [0.2, 0.25) is 0 Å². The van der Waals surface area contributed by atoms with E-state index in [0.717, 1.165) is 30.8 Å². The van der Waals surface area contributed by atoms with Gasteiger partial charge in [0, 0.05) is 18.2 Å². The first kappa shape index (κ1) is 23.8. The Kier molecular flexibility index (Phi) is 9.13. The van der Waals surface area contributed by atoms with Crippen LogP contribution in [0.5, 0.6) is 0 Å². The molecule has 3 N–H and O–H groups in total. The van der Waals surface area contributed by atoms with Crippen LogP contribution in [-0.2, 0) is 0 Å². The largest absolute Gasteiger partial charge is 0.477 e. The van der Waals surface area contributed by atoms with Crippen molar-refractivity contribution in [1.82, 2.24) is 9.69 Å². The van der Waals surface area contributed by atoms with Crippen molar-refractivity contribution >= 4 is 40.3 Å². The first-order chi connectivity index (χ1) is 15.6. The molecule has 32 heavy (non-hydrogen) atoms. The molecule has 8 heteroatoms. The molecule has 168 valence electrons. The summed E-state index contributed by atoms with van der Waals surface area (Å²) >= 11 is 2.41. The third-order valence-corrected chi connectivity index (χ3v) is 6.85. The van der Waals surface area contributed by atoms with Crippen molar-refractivity contribution in [3.8, 4) is 0 Å². The normalized spacial score (nSPS) is 10.8. The minimum Gasteiger partial charge on any atom is -0.477 e. The molecule has 3 rings (SSSR count). The van der Waals surface area contributed by atoms with Crippen LogP contribution in [0.15, 0.2) is 65.7 Å². The highest BCUT2D eigenvalue weighted by molar-refractivity contribution is 7.99. The number of carbonyl (C=O) groups is 2. The lowest BCUT2D eigenvalue weighted by atomic mass is 9.89. The summed E-state index contributed by atoms with van der Waals surface area (Å²) in [5.74, 6) is -0.188. The molecule has 0 bridgehead atoms. The van der Waals surface area contributed by atoms with Crippen molar-refractivity contribution in [3.05, 3.63) is 77.4 Å². The van der Waals surface area contributed by atoms with Crippen molar-refractivity contribution in [2.45, 2.75) is 37.1 Å². The Bertz CT molecular complexity index is 970. The van der Waals surface area contributed by atoms with Crippen molar-refractivity contribution < 1.29 is 14.7 Å². The number of aromatic nitrogens is 1. The molecule has 0 saturated heterocycles. The lowest BCUT2D eigenvalue weighted by Gasteiger charge is -2.17. The van der Waals surface area contributed by atoms with Gasteiger partial charge in [-0.05, 0) is 35.5 Å². The molecule has 0 radical (unpaired) electrons. The van der Waals surface area contributed by atoms with Crippen molar-refractivity contribution in [3.63, 3.8) is 0 Å². The van der Waals surface area contributed by atoms with E-state index < -0.39 is 12.0 Å². The molecule has 0 spiro atoms. The van der Waals surface area contributed by atoms with Crippen LogP contribution < -0.4 is 10.6 Å². The van der Waals surface area contributed by atoms with Gasteiger partial charge < -0.3 is 10.4 Å². The first-order valence-corrected chi connectivity index (χ1v) is 12.4. The van der Waals surface area contributed by atoms with Gasteiger partial charge in [0.25, 0.3) is 0 Å². The molecular weight excluding hydrogens is 442 g/mol. The molecule has 0 aliphatic rings. The smallest absolute Gasteiger partial charge is 0.341 e. The maximum atomic E-state index is 12.0. The number of hydrogen-bond donors (Lipinski definition) is 3. The summed E-state index contributed by atoms with van der Waals surface area (Å²) in [6.07, 6.45) is 2.66. The van der Waals surface area contributed by atoms with E-state index in [-0.39, 0.29) is 16.5 Å². The summed E-state index contributed by atoms with van der Waals surface area (Å²) in [6, 6.07) is 20.2. The van der Waals surface area contributed by atoms with E-state index in [0.29, 0.717) is 17.3 Å². The van der Waals surface area contributed by atoms with Gasteiger partial charge in [-0.2, -0.15) is 4.37 Å². The average molecular weight is 470 g/mol. The van der Waals surface area contributed by atoms with Crippen LogP contribution >= 0.6 is 23.3 Å². The molecule has 2 amide bonds. The van der Waals surface area contributed by atoms with Crippen LogP contribution in [0.4, 0.5) is 9.80 Å². The topological polar surface area (TPSA) is 91.3 Å². The zero-order valence-corrected chi connectivity index (χ0v) is 19.5. The van der Waals surface area contributed by atoms with Gasteiger partial charge in [0.05, 0.1) is 0 Å². The highest BCUT2D eigenvalue weighted by Gasteiger charge is 2.23. The summed E-state index contributed by atoms with van der Waals surface area (Å²) in [4.78, 5) is 23.9. The second-order valence-corrected chi connectivity index (χ2v) is 9.10. The Morgan fingerprint density at radius 3 is 2.25 bits per heavy atom. The summed E-state index contributed by atoms with van der Waals surface area (Å²) in [6.45, 7) is 2.58. The predicted molar refractivity (Wildman–Crippen MR) is 131 cm³/mol. The third kappa shape index (κ3) is 6.58. The standard InChI is InChI=1S/C24H27N3O3S2/c1-2-3-15-25-24(30)26-21-20(23(28)29)22(27-32-21)31-16-14-19(17-10-6-4-7-11-17)18-12-8-5-9-13-18/h4-13,19H,2-3,14-16H2,1H3,(H,28,29)(H2,25,26,30). The average Bonchev–Trinajstić information content (AvgIpc) is 3.20. The number of hydrogen-bond acceptors (Lipinski definition) is 5. The number of anilines is 1. The summed E-state index contributed by atoms with van der Waals surface area (Å²) in [5.41, 5.74) is 2.51. The Hall–Kier alpha value is -2.84. The molecular formula is C24H27N3O3S2. The van der Waals surface area contributed by atoms with Gasteiger partial charge in [0.2, 0.25) is 0 Å². The molecule has 0 unspecified atom stereocenters. The fourth-order valence-electron chi connectivity index (χ4n) is 3.34. The lowest BCUT2D eigenvalue weighted by molar-refractivity contribution is 0.0694. The van der Waals surface area contributed by atoms with Gasteiger partial charge in [0.1, 0.15) is 15.6 Å². The highest BCUT2D eigenvalue weighted by atomic mass is 32.2. The Balaban J connectivity index is 1.68. The summed E-state index contributed by atoms with van der Waals surface area (Å²) < 4.78 is 4.31. The molecule has 6 nitrogen and oxygen atoms in total. The van der Waals surface area contributed by atoms with Crippen LogP contribution in [0.1, 0.15) is 53.6 Å². The number of thioether (sulfide) groups is 1. The number of rotatable bonds is 11. The molecule has 0 fully saturated rings. The molecule has 2 aromatic carbocycles. The third-order valence-electron chi connectivity index (χ3n) is 4.97. The van der Waals surface area contributed by atoms with Crippen LogP contribution in [0, 0.1) is 0 Å². The number of aromatic carboxylic acids is 1. The van der Waals surface area contributed by atoms with Gasteiger partial charge in [-0.15, -0.1) is 11.8 Å². The number of unbranched alkanes of at least 4 members (excludes halogenated alkanes) is 1. The Labute approximate surface area is 196 Å². The van der Waals surface area contributed by atoms with Crippen LogP contribution in [0.25, 0.3) is 0 Å². The lowest BCUT2D eigenvalue weighted by Crippen LogP contribution is -2.29. The van der Waals surface area contributed by atoms with E-state index in [4.69, 9.17) is 0 Å². The van der Waals surface area contributed by atoms with Crippen molar-refractivity contribution in [1.29, 1.82) is 0 Å². The quantitative estimate of drug-likeness (QED) is 0.234. The van der Waals surface area contributed by atoms with Crippen molar-refractivity contribution in [2.24, 2.45) is 0 Å². The zero-order valence-electron chi connectivity index (χ0n) is 17.9. The fraction of sp³-hybridized carbons (Fsp3) is 0.292. The summed E-state index contributed by atoms with van der Waals surface area (Å²) in [7, 11) is 0. The SMILES string of the molecule is CCCCNC(=O)Nc1snc(SCCC(c2ccccc2)c2ccccc2)c1C(=O)O. The Morgan fingerprint density at radius 1 is 1.06 bits per heavy atom. The molecule has 0 atom stereocenters. The number of nitrogens with one attached hydrogen (secondary N) is 2. The maximum Gasteiger partial charge on any atom is 0.341 e.